The number of nitrogens with one attached hydrogen (secondary N) is 1. The van der Waals surface area contributed by atoms with Gasteiger partial charge in [-0.05, 0) is 18.4 Å². The lowest BCUT2D eigenvalue weighted by Gasteiger charge is -2.32. The molecule has 6 heteroatoms. The summed E-state index contributed by atoms with van der Waals surface area (Å²) >= 11 is 0. The van der Waals surface area contributed by atoms with Crippen molar-refractivity contribution < 1.29 is 9.90 Å². The van der Waals surface area contributed by atoms with E-state index in [0.717, 1.165) is 25.7 Å². The van der Waals surface area contributed by atoms with E-state index in [-0.39, 0.29) is 0 Å². The summed E-state index contributed by atoms with van der Waals surface area (Å²) in [5.74, 6) is -0.777. The number of aliphatic carboxylic acids is 1. The molecule has 0 atom stereocenters. The molecule has 0 radical (unpaired) electrons. The van der Waals surface area contributed by atoms with Crippen molar-refractivity contribution in [2.24, 2.45) is 5.11 Å². The Morgan fingerprint density at radius 3 is 2.41 bits per heavy atom. The molecule has 0 aromatic carbocycles. The van der Waals surface area contributed by atoms with Crippen LogP contribution in [0.4, 0.5) is 0 Å². The number of carbonyl (C=O) groups is 1. The molecule has 1 rings (SSSR count). The van der Waals surface area contributed by atoms with E-state index < -0.39 is 11.5 Å². The fourth-order valence-corrected chi connectivity index (χ4v) is 2.37. The number of nitrogens with zero attached hydrogens (tertiary/aromatic N) is 3. The molecule has 0 amide bonds. The van der Waals surface area contributed by atoms with Gasteiger partial charge < -0.3 is 10.4 Å². The minimum atomic E-state index is -0.814. The van der Waals surface area contributed by atoms with Crippen LogP contribution < -0.4 is 5.32 Å². The van der Waals surface area contributed by atoms with Crippen molar-refractivity contribution in [1.82, 2.24) is 5.32 Å². The summed E-state index contributed by atoms with van der Waals surface area (Å²) in [6, 6.07) is 0. The molecule has 0 aromatic rings. The largest absolute Gasteiger partial charge is 0.480 e. The Morgan fingerprint density at radius 1 is 1.29 bits per heavy atom. The van der Waals surface area contributed by atoms with E-state index in [2.05, 4.69) is 15.3 Å². The third kappa shape index (κ3) is 4.24. The first-order valence-electron chi connectivity index (χ1n) is 6.20. The van der Waals surface area contributed by atoms with Gasteiger partial charge in [0.1, 0.15) is 5.54 Å². The standard InChI is InChI=1S/C11H20N4O2/c12-15-14-9-8-13-11(10(16)17)6-4-2-1-3-5-7-11/h13H,1-9H2,(H,16,17). The molecule has 2 N–H and O–H groups in total. The molecule has 1 aliphatic carbocycles. The van der Waals surface area contributed by atoms with E-state index in [1.807, 2.05) is 0 Å². The monoisotopic (exact) mass is 240 g/mol. The molecule has 1 saturated carbocycles. The third-order valence-corrected chi connectivity index (χ3v) is 3.35. The average molecular weight is 240 g/mol. The summed E-state index contributed by atoms with van der Waals surface area (Å²) < 4.78 is 0. The number of rotatable bonds is 5. The van der Waals surface area contributed by atoms with Crippen molar-refractivity contribution in [2.75, 3.05) is 13.1 Å². The first-order chi connectivity index (χ1) is 8.21. The highest BCUT2D eigenvalue weighted by Crippen LogP contribution is 2.26. The van der Waals surface area contributed by atoms with Gasteiger partial charge in [-0.1, -0.05) is 37.2 Å². The quantitative estimate of drug-likeness (QED) is 0.334. The van der Waals surface area contributed by atoms with Gasteiger partial charge in [-0.15, -0.1) is 0 Å². The highest BCUT2D eigenvalue weighted by molar-refractivity contribution is 5.78. The molecule has 0 heterocycles. The third-order valence-electron chi connectivity index (χ3n) is 3.35. The number of hydrogen-bond donors (Lipinski definition) is 2. The zero-order valence-electron chi connectivity index (χ0n) is 10.1. The van der Waals surface area contributed by atoms with Crippen LogP contribution in [0.1, 0.15) is 44.9 Å². The maximum Gasteiger partial charge on any atom is 0.323 e. The van der Waals surface area contributed by atoms with Crippen molar-refractivity contribution in [3.05, 3.63) is 10.4 Å². The number of carboxylic acid groups (broad SMARTS) is 1. The maximum absolute atomic E-state index is 11.4. The minimum Gasteiger partial charge on any atom is -0.480 e. The zero-order valence-corrected chi connectivity index (χ0v) is 10.1. The minimum absolute atomic E-state index is 0.297. The van der Waals surface area contributed by atoms with E-state index in [1.54, 1.807) is 0 Å². The Morgan fingerprint density at radius 2 is 1.88 bits per heavy atom. The van der Waals surface area contributed by atoms with Crippen molar-refractivity contribution in [3.63, 3.8) is 0 Å². The van der Waals surface area contributed by atoms with Gasteiger partial charge in [0.05, 0.1) is 0 Å². The summed E-state index contributed by atoms with van der Waals surface area (Å²) in [5, 5.41) is 15.9. The molecule has 0 spiro atoms. The van der Waals surface area contributed by atoms with Gasteiger partial charge in [-0.2, -0.15) is 0 Å². The van der Waals surface area contributed by atoms with E-state index >= 15 is 0 Å². The van der Waals surface area contributed by atoms with Crippen LogP contribution in [0.25, 0.3) is 10.4 Å². The molecular formula is C11H20N4O2. The topological polar surface area (TPSA) is 98.1 Å². The van der Waals surface area contributed by atoms with Gasteiger partial charge in [0.2, 0.25) is 0 Å². The van der Waals surface area contributed by atoms with Gasteiger partial charge in [-0.25, -0.2) is 0 Å². The van der Waals surface area contributed by atoms with Gasteiger partial charge in [-0.3, -0.25) is 4.79 Å². The lowest BCUT2D eigenvalue weighted by atomic mass is 9.84. The number of hydrogen-bond acceptors (Lipinski definition) is 3. The molecule has 0 unspecified atom stereocenters. The van der Waals surface area contributed by atoms with Crippen molar-refractivity contribution in [2.45, 2.75) is 50.5 Å². The predicted molar refractivity (Wildman–Crippen MR) is 64.7 cm³/mol. The van der Waals surface area contributed by atoms with E-state index in [0.29, 0.717) is 25.9 Å². The van der Waals surface area contributed by atoms with Crippen LogP contribution in [0.5, 0.6) is 0 Å². The Kier molecular flexibility index (Phi) is 5.80. The number of carboxylic acids is 1. The molecular weight excluding hydrogens is 220 g/mol. The summed E-state index contributed by atoms with van der Waals surface area (Å²) in [6.45, 7) is 0.724. The molecule has 17 heavy (non-hydrogen) atoms. The normalized spacial score (nSPS) is 19.8. The second-order valence-corrected chi connectivity index (χ2v) is 4.54. The van der Waals surface area contributed by atoms with Crippen molar-refractivity contribution in [1.29, 1.82) is 0 Å². The average Bonchev–Trinajstić information content (AvgIpc) is 2.26. The Hall–Kier alpha value is -1.26. The van der Waals surface area contributed by atoms with Crippen molar-refractivity contribution in [3.8, 4) is 0 Å². The second-order valence-electron chi connectivity index (χ2n) is 4.54. The van der Waals surface area contributed by atoms with E-state index in [1.165, 1.54) is 6.42 Å². The van der Waals surface area contributed by atoms with Crippen LogP contribution in [0, 0.1) is 0 Å². The molecule has 1 aliphatic rings. The smallest absolute Gasteiger partial charge is 0.323 e. The molecule has 0 aliphatic heterocycles. The number of azide groups is 1. The lowest BCUT2D eigenvalue weighted by Crippen LogP contribution is -2.53. The summed E-state index contributed by atoms with van der Waals surface area (Å²) in [4.78, 5) is 14.1. The van der Waals surface area contributed by atoms with Crippen LogP contribution in [0.3, 0.4) is 0 Å². The first kappa shape index (κ1) is 13.8. The summed E-state index contributed by atoms with van der Waals surface area (Å²) in [6.07, 6.45) is 6.63. The molecule has 0 bridgehead atoms. The van der Waals surface area contributed by atoms with Crippen LogP contribution >= 0.6 is 0 Å². The van der Waals surface area contributed by atoms with Crippen LogP contribution in [0.2, 0.25) is 0 Å². The summed E-state index contributed by atoms with van der Waals surface area (Å²) in [7, 11) is 0. The highest BCUT2D eigenvalue weighted by atomic mass is 16.4. The fraction of sp³-hybridized carbons (Fsp3) is 0.909. The highest BCUT2D eigenvalue weighted by Gasteiger charge is 2.37. The van der Waals surface area contributed by atoms with Gasteiger partial charge in [0.15, 0.2) is 0 Å². The SMILES string of the molecule is [N-]=[N+]=NCCNC1(C(=O)O)CCCCCCC1. The lowest BCUT2D eigenvalue weighted by molar-refractivity contribution is -0.145. The van der Waals surface area contributed by atoms with Crippen LogP contribution in [-0.4, -0.2) is 29.7 Å². The molecule has 96 valence electrons. The van der Waals surface area contributed by atoms with Gasteiger partial charge in [0, 0.05) is 18.0 Å². The fourth-order valence-electron chi connectivity index (χ4n) is 2.37. The maximum atomic E-state index is 11.4. The Bertz CT molecular complexity index is 292. The molecule has 0 saturated heterocycles. The Labute approximate surface area is 101 Å². The second kappa shape index (κ2) is 7.14. The van der Waals surface area contributed by atoms with Crippen molar-refractivity contribution >= 4 is 5.97 Å². The van der Waals surface area contributed by atoms with E-state index in [4.69, 9.17) is 5.53 Å². The van der Waals surface area contributed by atoms with Gasteiger partial charge >= 0.3 is 5.97 Å². The molecule has 0 aromatic heterocycles. The van der Waals surface area contributed by atoms with Crippen LogP contribution in [0.15, 0.2) is 5.11 Å². The van der Waals surface area contributed by atoms with Crippen LogP contribution in [-0.2, 0) is 4.79 Å². The molecule has 1 fully saturated rings. The first-order valence-corrected chi connectivity index (χ1v) is 6.20. The summed E-state index contributed by atoms with van der Waals surface area (Å²) in [5.41, 5.74) is 7.36. The Balaban J connectivity index is 2.58. The van der Waals surface area contributed by atoms with E-state index in [9.17, 15) is 9.90 Å². The predicted octanol–water partition coefficient (Wildman–Crippen LogP) is 2.45. The van der Waals surface area contributed by atoms with Gasteiger partial charge in [0.25, 0.3) is 0 Å². The molecule has 6 nitrogen and oxygen atoms in total. The zero-order chi connectivity index (χ0) is 12.6.